The Hall–Kier alpha value is -1.54. The number of hydrogen-bond donors (Lipinski definition) is 1. The van der Waals surface area contributed by atoms with Crippen molar-refractivity contribution in [3.8, 4) is 17.6 Å². The van der Waals surface area contributed by atoms with Crippen LogP contribution >= 0.6 is 0 Å². The monoisotopic (exact) mass is 250 g/mol. The van der Waals surface area contributed by atoms with Gasteiger partial charge in [0.2, 0.25) is 0 Å². The summed E-state index contributed by atoms with van der Waals surface area (Å²) in [6.07, 6.45) is 0. The SMILES string of the molecule is COCCOCc1cc(OC)ccc1C#CCO. The largest absolute Gasteiger partial charge is 0.497 e. The summed E-state index contributed by atoms with van der Waals surface area (Å²) >= 11 is 0. The van der Waals surface area contributed by atoms with Gasteiger partial charge in [-0.2, -0.15) is 0 Å². The Morgan fingerprint density at radius 1 is 1.22 bits per heavy atom. The molecule has 0 atom stereocenters. The van der Waals surface area contributed by atoms with Crippen molar-refractivity contribution in [2.45, 2.75) is 6.61 Å². The highest BCUT2D eigenvalue weighted by Gasteiger charge is 2.03. The van der Waals surface area contributed by atoms with Gasteiger partial charge in [-0.05, 0) is 23.8 Å². The zero-order valence-corrected chi connectivity index (χ0v) is 10.7. The van der Waals surface area contributed by atoms with E-state index >= 15 is 0 Å². The van der Waals surface area contributed by atoms with Gasteiger partial charge in [-0.1, -0.05) is 11.8 Å². The Morgan fingerprint density at radius 3 is 2.72 bits per heavy atom. The zero-order chi connectivity index (χ0) is 13.2. The van der Waals surface area contributed by atoms with Crippen molar-refractivity contribution in [2.24, 2.45) is 0 Å². The maximum Gasteiger partial charge on any atom is 0.119 e. The second kappa shape index (κ2) is 8.54. The minimum absolute atomic E-state index is 0.157. The van der Waals surface area contributed by atoms with Gasteiger partial charge < -0.3 is 19.3 Å². The standard InChI is InChI=1S/C14H18O4/c1-16-8-9-18-11-13-10-14(17-2)6-5-12(13)4-3-7-15/h5-6,10,15H,7-9,11H2,1-2H3. The number of rotatable bonds is 6. The summed E-state index contributed by atoms with van der Waals surface area (Å²) in [7, 11) is 3.25. The lowest BCUT2D eigenvalue weighted by Gasteiger charge is -2.08. The van der Waals surface area contributed by atoms with Crippen molar-refractivity contribution in [1.29, 1.82) is 0 Å². The quantitative estimate of drug-likeness (QED) is 0.609. The van der Waals surface area contributed by atoms with Crippen LogP contribution in [0.5, 0.6) is 5.75 Å². The summed E-state index contributed by atoms with van der Waals surface area (Å²) < 4.78 is 15.5. The van der Waals surface area contributed by atoms with E-state index in [9.17, 15) is 0 Å². The third kappa shape index (κ3) is 4.76. The maximum absolute atomic E-state index is 8.72. The third-order valence-corrected chi connectivity index (χ3v) is 2.30. The summed E-state index contributed by atoms with van der Waals surface area (Å²) in [5.74, 6) is 6.28. The Morgan fingerprint density at radius 2 is 2.06 bits per heavy atom. The van der Waals surface area contributed by atoms with Crippen LogP contribution in [-0.2, 0) is 16.1 Å². The summed E-state index contributed by atoms with van der Waals surface area (Å²) in [5, 5.41) is 8.72. The van der Waals surface area contributed by atoms with E-state index in [1.165, 1.54) is 0 Å². The minimum atomic E-state index is -0.157. The van der Waals surface area contributed by atoms with E-state index in [0.717, 1.165) is 16.9 Å². The molecule has 0 bridgehead atoms. The molecule has 18 heavy (non-hydrogen) atoms. The molecule has 0 aliphatic heterocycles. The molecule has 0 aliphatic rings. The van der Waals surface area contributed by atoms with Gasteiger partial charge in [0.1, 0.15) is 12.4 Å². The summed E-state index contributed by atoms with van der Waals surface area (Å²) in [6, 6.07) is 5.57. The Bertz CT molecular complexity index is 418. The van der Waals surface area contributed by atoms with Crippen molar-refractivity contribution < 1.29 is 19.3 Å². The topological polar surface area (TPSA) is 47.9 Å². The van der Waals surface area contributed by atoms with Crippen molar-refractivity contribution in [1.82, 2.24) is 0 Å². The number of hydrogen-bond acceptors (Lipinski definition) is 4. The molecule has 0 saturated carbocycles. The number of aliphatic hydroxyl groups is 1. The Kier molecular flexibility index (Phi) is 6.89. The van der Waals surface area contributed by atoms with Crippen LogP contribution in [0.4, 0.5) is 0 Å². The number of methoxy groups -OCH3 is 2. The van der Waals surface area contributed by atoms with Crippen LogP contribution in [0.3, 0.4) is 0 Å². The highest BCUT2D eigenvalue weighted by molar-refractivity contribution is 5.45. The van der Waals surface area contributed by atoms with Crippen LogP contribution in [0.25, 0.3) is 0 Å². The van der Waals surface area contributed by atoms with E-state index < -0.39 is 0 Å². The van der Waals surface area contributed by atoms with Crippen LogP contribution < -0.4 is 4.74 Å². The maximum atomic E-state index is 8.72. The molecule has 0 unspecified atom stereocenters. The minimum Gasteiger partial charge on any atom is -0.497 e. The molecule has 4 nitrogen and oxygen atoms in total. The molecular weight excluding hydrogens is 232 g/mol. The summed E-state index contributed by atoms with van der Waals surface area (Å²) in [5.41, 5.74) is 1.77. The van der Waals surface area contributed by atoms with Gasteiger partial charge in [-0.25, -0.2) is 0 Å². The molecule has 0 aromatic heterocycles. The van der Waals surface area contributed by atoms with Crippen molar-refractivity contribution in [3.05, 3.63) is 29.3 Å². The molecule has 0 saturated heterocycles. The lowest BCUT2D eigenvalue weighted by molar-refractivity contribution is 0.0615. The second-order valence-electron chi connectivity index (χ2n) is 3.53. The van der Waals surface area contributed by atoms with E-state index in [-0.39, 0.29) is 6.61 Å². The number of aliphatic hydroxyl groups excluding tert-OH is 1. The van der Waals surface area contributed by atoms with Gasteiger partial charge in [0.05, 0.1) is 26.9 Å². The molecule has 0 spiro atoms. The fourth-order valence-corrected chi connectivity index (χ4v) is 1.40. The van der Waals surface area contributed by atoms with Crippen LogP contribution in [0, 0.1) is 11.8 Å². The van der Waals surface area contributed by atoms with E-state index in [2.05, 4.69) is 11.8 Å². The highest BCUT2D eigenvalue weighted by Crippen LogP contribution is 2.18. The van der Waals surface area contributed by atoms with E-state index in [1.54, 1.807) is 14.2 Å². The highest BCUT2D eigenvalue weighted by atomic mass is 16.5. The van der Waals surface area contributed by atoms with Gasteiger partial charge in [0.15, 0.2) is 0 Å². The molecule has 1 aromatic rings. The number of ether oxygens (including phenoxy) is 3. The molecule has 1 aromatic carbocycles. The molecule has 0 fully saturated rings. The fourth-order valence-electron chi connectivity index (χ4n) is 1.40. The number of benzene rings is 1. The first-order valence-corrected chi connectivity index (χ1v) is 5.65. The smallest absolute Gasteiger partial charge is 0.119 e. The molecule has 4 heteroatoms. The van der Waals surface area contributed by atoms with Gasteiger partial charge >= 0.3 is 0 Å². The van der Waals surface area contributed by atoms with Crippen molar-refractivity contribution in [2.75, 3.05) is 34.0 Å². The lowest BCUT2D eigenvalue weighted by atomic mass is 10.1. The average Bonchev–Trinajstić information content (AvgIpc) is 2.42. The van der Waals surface area contributed by atoms with Gasteiger partial charge in [0.25, 0.3) is 0 Å². The summed E-state index contributed by atoms with van der Waals surface area (Å²) in [4.78, 5) is 0. The Balaban J connectivity index is 2.76. The lowest BCUT2D eigenvalue weighted by Crippen LogP contribution is -2.03. The van der Waals surface area contributed by atoms with Gasteiger partial charge in [0, 0.05) is 12.7 Å². The second-order valence-corrected chi connectivity index (χ2v) is 3.53. The molecule has 0 amide bonds. The van der Waals surface area contributed by atoms with Gasteiger partial charge in [-0.15, -0.1) is 0 Å². The molecule has 0 heterocycles. The normalized spacial score (nSPS) is 9.72. The third-order valence-electron chi connectivity index (χ3n) is 2.30. The first-order chi connectivity index (χ1) is 8.81. The predicted octanol–water partition coefficient (Wildman–Crippen LogP) is 1.20. The first-order valence-electron chi connectivity index (χ1n) is 5.65. The fraction of sp³-hybridized carbons (Fsp3) is 0.429. The van der Waals surface area contributed by atoms with Crippen LogP contribution in [0.1, 0.15) is 11.1 Å². The molecule has 1 N–H and O–H groups in total. The average molecular weight is 250 g/mol. The van der Waals surface area contributed by atoms with Crippen molar-refractivity contribution in [3.63, 3.8) is 0 Å². The van der Waals surface area contributed by atoms with Crippen molar-refractivity contribution >= 4 is 0 Å². The van der Waals surface area contributed by atoms with E-state index in [0.29, 0.717) is 19.8 Å². The van der Waals surface area contributed by atoms with E-state index in [4.69, 9.17) is 19.3 Å². The molecule has 1 rings (SSSR count). The van der Waals surface area contributed by atoms with E-state index in [1.807, 2.05) is 18.2 Å². The predicted molar refractivity (Wildman–Crippen MR) is 68.5 cm³/mol. The van der Waals surface area contributed by atoms with Gasteiger partial charge in [-0.3, -0.25) is 0 Å². The van der Waals surface area contributed by atoms with Crippen LogP contribution in [0.2, 0.25) is 0 Å². The first kappa shape index (κ1) is 14.5. The molecule has 0 aliphatic carbocycles. The molecule has 98 valence electrons. The Labute approximate surface area is 107 Å². The zero-order valence-electron chi connectivity index (χ0n) is 10.7. The molecular formula is C14H18O4. The summed E-state index contributed by atoms with van der Waals surface area (Å²) in [6.45, 7) is 1.37. The van der Waals surface area contributed by atoms with Crippen LogP contribution in [0.15, 0.2) is 18.2 Å². The molecule has 0 radical (unpaired) electrons. The van der Waals surface area contributed by atoms with Crippen LogP contribution in [-0.4, -0.2) is 39.1 Å².